The number of nitrogens with one attached hydrogen (secondary N) is 2. The van der Waals surface area contributed by atoms with E-state index in [2.05, 4.69) is 10.6 Å². The van der Waals surface area contributed by atoms with E-state index in [1.807, 2.05) is 0 Å². The van der Waals surface area contributed by atoms with Crippen molar-refractivity contribution in [3.8, 4) is 11.5 Å². The van der Waals surface area contributed by atoms with Gasteiger partial charge in [0.2, 0.25) is 0 Å². The van der Waals surface area contributed by atoms with Crippen LogP contribution in [0, 0.1) is 5.92 Å². The monoisotopic (exact) mass is 343 g/mol. The largest absolute Gasteiger partial charge is 0.493 e. The van der Waals surface area contributed by atoms with E-state index in [0.29, 0.717) is 36.2 Å². The van der Waals surface area contributed by atoms with E-state index in [9.17, 15) is 9.90 Å². The zero-order valence-corrected chi connectivity index (χ0v) is 13.7. The third-order valence-electron chi connectivity index (χ3n) is 3.69. The van der Waals surface area contributed by atoms with Crippen LogP contribution in [0.2, 0.25) is 5.02 Å². The van der Waals surface area contributed by atoms with Gasteiger partial charge < -0.3 is 30.9 Å². The van der Waals surface area contributed by atoms with Crippen molar-refractivity contribution in [1.82, 2.24) is 10.6 Å². The zero-order valence-electron chi connectivity index (χ0n) is 13.0. The van der Waals surface area contributed by atoms with Crippen molar-refractivity contribution in [3.63, 3.8) is 0 Å². The molecule has 128 valence electrons. The third-order valence-corrected chi connectivity index (χ3v) is 3.97. The molecule has 1 saturated heterocycles. The minimum Gasteiger partial charge on any atom is -0.493 e. The van der Waals surface area contributed by atoms with Gasteiger partial charge in [-0.1, -0.05) is 11.6 Å². The Morgan fingerprint density at radius 2 is 2.30 bits per heavy atom. The Labute approximate surface area is 140 Å². The lowest BCUT2D eigenvalue weighted by molar-refractivity contribution is -0.119. The maximum absolute atomic E-state index is 10.8. The molecule has 2 atom stereocenters. The minimum atomic E-state index is -0.586. The van der Waals surface area contributed by atoms with Gasteiger partial charge in [0, 0.05) is 32.1 Å². The predicted octanol–water partition coefficient (Wildman–Crippen LogP) is -0.117. The van der Waals surface area contributed by atoms with Crippen LogP contribution in [0.3, 0.4) is 0 Å². The quantitative estimate of drug-likeness (QED) is 0.524. The van der Waals surface area contributed by atoms with Gasteiger partial charge in [-0.3, -0.25) is 4.79 Å². The number of β-amino-alcohol motifs (C(OH)–C–C–N with tert-alkyl or cyclic N) is 1. The van der Waals surface area contributed by atoms with Crippen molar-refractivity contribution < 1.29 is 19.4 Å². The van der Waals surface area contributed by atoms with Crippen LogP contribution in [0.15, 0.2) is 12.1 Å². The standard InChI is InChI=1S/C15H22ClN3O4/c1-22-13-3-9(2-11(16)15(13)23-8-14(17)21)4-18-5-10-6-19-7-12(10)20/h2-3,10,12,18-20H,4-8H2,1H3,(H2,17,21). The molecule has 1 aromatic rings. The van der Waals surface area contributed by atoms with Crippen LogP contribution in [0.5, 0.6) is 11.5 Å². The molecule has 23 heavy (non-hydrogen) atoms. The number of benzene rings is 1. The summed E-state index contributed by atoms with van der Waals surface area (Å²) in [5.41, 5.74) is 5.98. The van der Waals surface area contributed by atoms with Crippen molar-refractivity contribution in [2.45, 2.75) is 12.6 Å². The highest BCUT2D eigenvalue weighted by Gasteiger charge is 2.24. The van der Waals surface area contributed by atoms with Gasteiger partial charge in [0.05, 0.1) is 18.2 Å². The molecular weight excluding hydrogens is 322 g/mol. The normalized spacial score (nSPS) is 20.5. The fraction of sp³-hybridized carbons (Fsp3) is 0.533. The lowest BCUT2D eigenvalue weighted by atomic mass is 10.1. The van der Waals surface area contributed by atoms with Crippen molar-refractivity contribution in [2.24, 2.45) is 11.7 Å². The second-order valence-corrected chi connectivity index (χ2v) is 5.89. The summed E-state index contributed by atoms with van der Waals surface area (Å²) in [5.74, 6) is 0.355. The molecule has 1 amide bonds. The maximum atomic E-state index is 10.8. The molecule has 1 aliphatic heterocycles. The number of carbonyl (C=O) groups is 1. The topological polar surface area (TPSA) is 106 Å². The van der Waals surface area contributed by atoms with Crippen molar-refractivity contribution in [3.05, 3.63) is 22.7 Å². The summed E-state index contributed by atoms with van der Waals surface area (Å²) in [6.07, 6.45) is -0.315. The summed E-state index contributed by atoms with van der Waals surface area (Å²) >= 11 is 6.19. The van der Waals surface area contributed by atoms with Gasteiger partial charge in [0.25, 0.3) is 5.91 Å². The molecule has 0 aromatic heterocycles. The zero-order chi connectivity index (χ0) is 16.8. The summed E-state index contributed by atoms with van der Waals surface area (Å²) in [4.78, 5) is 10.8. The number of halogens is 1. The Bertz CT molecular complexity index is 556. The first-order valence-electron chi connectivity index (χ1n) is 7.38. The summed E-state index contributed by atoms with van der Waals surface area (Å²) in [7, 11) is 1.50. The maximum Gasteiger partial charge on any atom is 0.255 e. The Kier molecular flexibility index (Phi) is 6.47. The molecule has 1 fully saturated rings. The second-order valence-electron chi connectivity index (χ2n) is 5.48. The number of carbonyl (C=O) groups excluding carboxylic acids is 1. The number of aliphatic hydroxyl groups is 1. The number of amides is 1. The Hall–Kier alpha value is -1.54. The van der Waals surface area contributed by atoms with Crippen molar-refractivity contribution in [2.75, 3.05) is 33.4 Å². The summed E-state index contributed by atoms with van der Waals surface area (Å²) in [5, 5.41) is 16.5. The van der Waals surface area contributed by atoms with Gasteiger partial charge in [0.1, 0.15) is 0 Å². The lowest BCUT2D eigenvalue weighted by Gasteiger charge is -2.16. The molecule has 1 aromatic carbocycles. The van der Waals surface area contributed by atoms with Gasteiger partial charge in [-0.15, -0.1) is 0 Å². The van der Waals surface area contributed by atoms with Crippen LogP contribution < -0.4 is 25.8 Å². The number of hydrogen-bond acceptors (Lipinski definition) is 6. The Morgan fingerprint density at radius 3 is 2.91 bits per heavy atom. The highest BCUT2D eigenvalue weighted by molar-refractivity contribution is 6.32. The number of rotatable bonds is 8. The van der Waals surface area contributed by atoms with Crippen LogP contribution >= 0.6 is 11.6 Å². The van der Waals surface area contributed by atoms with Crippen LogP contribution in [0.25, 0.3) is 0 Å². The molecular formula is C15H22ClN3O4. The van der Waals surface area contributed by atoms with Gasteiger partial charge in [0.15, 0.2) is 18.1 Å². The van der Waals surface area contributed by atoms with Crippen LogP contribution in [0.1, 0.15) is 5.56 Å². The van der Waals surface area contributed by atoms with Crippen LogP contribution in [-0.2, 0) is 11.3 Å². The molecule has 7 nitrogen and oxygen atoms in total. The number of aliphatic hydroxyl groups excluding tert-OH is 1. The number of nitrogens with two attached hydrogens (primary N) is 1. The molecule has 0 radical (unpaired) electrons. The molecule has 5 N–H and O–H groups in total. The fourth-order valence-electron chi connectivity index (χ4n) is 2.49. The average molecular weight is 344 g/mol. The SMILES string of the molecule is COc1cc(CNCC2CNCC2O)cc(Cl)c1OCC(N)=O. The van der Waals surface area contributed by atoms with Gasteiger partial charge in [-0.05, 0) is 17.7 Å². The predicted molar refractivity (Wildman–Crippen MR) is 86.8 cm³/mol. The average Bonchev–Trinajstić information content (AvgIpc) is 2.91. The highest BCUT2D eigenvalue weighted by atomic mass is 35.5. The number of methoxy groups -OCH3 is 1. The van der Waals surface area contributed by atoms with Crippen LogP contribution in [-0.4, -0.2) is 50.5 Å². The van der Waals surface area contributed by atoms with Gasteiger partial charge >= 0.3 is 0 Å². The minimum absolute atomic E-state index is 0.200. The summed E-state index contributed by atoms with van der Waals surface area (Å²) in [6.45, 7) is 2.46. The van der Waals surface area contributed by atoms with E-state index in [1.54, 1.807) is 12.1 Å². The van der Waals surface area contributed by atoms with Gasteiger partial charge in [-0.25, -0.2) is 0 Å². The summed E-state index contributed by atoms with van der Waals surface area (Å²) in [6, 6.07) is 3.54. The lowest BCUT2D eigenvalue weighted by Crippen LogP contribution is -2.30. The molecule has 8 heteroatoms. The summed E-state index contributed by atoms with van der Waals surface area (Å²) < 4.78 is 10.5. The third kappa shape index (κ3) is 4.97. The first kappa shape index (κ1) is 17.8. The van der Waals surface area contributed by atoms with Gasteiger partial charge in [-0.2, -0.15) is 0 Å². The van der Waals surface area contributed by atoms with Crippen LogP contribution in [0.4, 0.5) is 0 Å². The Morgan fingerprint density at radius 1 is 1.52 bits per heavy atom. The Balaban J connectivity index is 1.96. The second kappa shape index (κ2) is 8.35. The van der Waals surface area contributed by atoms with E-state index in [4.69, 9.17) is 26.8 Å². The molecule has 1 aliphatic rings. The molecule has 2 unspecified atom stereocenters. The number of primary amides is 1. The molecule has 1 heterocycles. The molecule has 2 rings (SSSR count). The van der Waals surface area contributed by atoms with E-state index in [1.165, 1.54) is 7.11 Å². The van der Waals surface area contributed by atoms with Crippen molar-refractivity contribution >= 4 is 17.5 Å². The van der Waals surface area contributed by atoms with E-state index >= 15 is 0 Å². The first-order valence-corrected chi connectivity index (χ1v) is 7.76. The van der Waals surface area contributed by atoms with Crippen molar-refractivity contribution in [1.29, 1.82) is 0 Å². The fourth-order valence-corrected chi connectivity index (χ4v) is 2.78. The van der Waals surface area contributed by atoms with E-state index < -0.39 is 5.91 Å². The van der Waals surface area contributed by atoms with E-state index in [-0.39, 0.29) is 18.6 Å². The van der Waals surface area contributed by atoms with E-state index in [0.717, 1.165) is 12.1 Å². The highest BCUT2D eigenvalue weighted by Crippen LogP contribution is 2.36. The molecule has 0 bridgehead atoms. The number of ether oxygens (including phenoxy) is 2. The first-order chi connectivity index (χ1) is 11.0. The smallest absolute Gasteiger partial charge is 0.255 e. The number of hydrogen-bond donors (Lipinski definition) is 4. The molecule has 0 aliphatic carbocycles. The molecule has 0 saturated carbocycles. The molecule has 0 spiro atoms.